The molecule has 1 amide bonds. The van der Waals surface area contributed by atoms with E-state index in [2.05, 4.69) is 17.4 Å². The fourth-order valence-corrected chi connectivity index (χ4v) is 5.45. The molecule has 0 spiro atoms. The predicted molar refractivity (Wildman–Crippen MR) is 170 cm³/mol. The first-order chi connectivity index (χ1) is 19.4. The van der Waals surface area contributed by atoms with E-state index in [0.717, 1.165) is 28.0 Å². The summed E-state index contributed by atoms with van der Waals surface area (Å²) in [6.07, 6.45) is 3.78. The summed E-state index contributed by atoms with van der Waals surface area (Å²) in [5.41, 5.74) is 4.76. The van der Waals surface area contributed by atoms with E-state index in [1.165, 1.54) is 4.90 Å². The van der Waals surface area contributed by atoms with Crippen molar-refractivity contribution in [1.82, 2.24) is 5.32 Å². The van der Waals surface area contributed by atoms with E-state index in [9.17, 15) is 14.7 Å². The van der Waals surface area contributed by atoms with Crippen molar-refractivity contribution >= 4 is 54.3 Å². The summed E-state index contributed by atoms with van der Waals surface area (Å²) in [6, 6.07) is 24.3. The number of carboxylic acids is 1. The Labute approximate surface area is 261 Å². The Morgan fingerprint density at radius 3 is 2.34 bits per heavy atom. The zero-order valence-electron chi connectivity index (χ0n) is 23.0. The molecule has 1 aromatic heterocycles. The maximum atomic E-state index is 13.4. The number of hydrogen-bond acceptors (Lipinski definition) is 6. The van der Waals surface area contributed by atoms with E-state index in [0.29, 0.717) is 29.1 Å². The van der Waals surface area contributed by atoms with Crippen LogP contribution in [0.15, 0.2) is 88.2 Å². The summed E-state index contributed by atoms with van der Waals surface area (Å²) in [5, 5.41) is 12.4. The standard InChI is InChI=1S/C32H33NO5S2.Li.H/c1-20-7-5-6-8-24(20)26-19-22(11-14-25(26)31(34)33-27(32(35)36)17-18-39-3)30(37-2)29-16-15-28(38-29)21-9-12-23(40-4)13-10-21;;/h5-16,19,27,30H,17-18H2,1-4H3,(H,33,34)(H,35,36);;. The number of furan rings is 1. The van der Waals surface area contributed by atoms with Gasteiger partial charge in [-0.25, -0.2) is 4.79 Å². The van der Waals surface area contributed by atoms with E-state index in [1.807, 2.05) is 80.1 Å². The van der Waals surface area contributed by atoms with Gasteiger partial charge in [0.25, 0.3) is 5.91 Å². The van der Waals surface area contributed by atoms with Crippen molar-refractivity contribution in [1.29, 1.82) is 0 Å². The van der Waals surface area contributed by atoms with E-state index >= 15 is 0 Å². The quantitative estimate of drug-likeness (QED) is 0.142. The van der Waals surface area contributed by atoms with Gasteiger partial charge in [0.15, 0.2) is 0 Å². The number of aliphatic carboxylic acids is 1. The summed E-state index contributed by atoms with van der Waals surface area (Å²) in [7, 11) is 1.62. The SMILES string of the molecule is COC(c1ccc(C(=O)NC(CCSC)C(=O)O)c(-c2ccccc2C)c1)c1ccc(-c2ccc(SC)cc2)o1.[LiH]. The van der Waals surface area contributed by atoms with Crippen LogP contribution in [0.3, 0.4) is 0 Å². The number of carbonyl (C=O) groups excluding carboxylic acids is 1. The number of nitrogens with one attached hydrogen (secondary N) is 1. The molecule has 0 fully saturated rings. The summed E-state index contributed by atoms with van der Waals surface area (Å²) in [6.45, 7) is 1.98. The molecule has 4 aromatic rings. The van der Waals surface area contributed by atoms with E-state index in [1.54, 1.807) is 36.7 Å². The van der Waals surface area contributed by atoms with Crippen LogP contribution < -0.4 is 5.32 Å². The minimum atomic E-state index is -1.05. The van der Waals surface area contributed by atoms with Gasteiger partial charge in [-0.05, 0) is 90.3 Å². The molecule has 0 aliphatic carbocycles. The fraction of sp³-hybridized carbons (Fsp3) is 0.250. The molecule has 6 nitrogen and oxygen atoms in total. The number of hydrogen-bond donors (Lipinski definition) is 2. The number of ether oxygens (including phenoxy) is 1. The number of benzene rings is 3. The third kappa shape index (κ3) is 7.91. The van der Waals surface area contributed by atoms with Crippen LogP contribution in [0, 0.1) is 6.92 Å². The van der Waals surface area contributed by atoms with Crippen LogP contribution in [-0.2, 0) is 9.53 Å². The van der Waals surface area contributed by atoms with Crippen LogP contribution >= 0.6 is 23.5 Å². The molecule has 0 aliphatic rings. The van der Waals surface area contributed by atoms with Crippen LogP contribution in [0.4, 0.5) is 0 Å². The number of thioether (sulfide) groups is 2. The van der Waals surface area contributed by atoms with Gasteiger partial charge in [-0.2, -0.15) is 11.8 Å². The van der Waals surface area contributed by atoms with Gasteiger partial charge in [-0.15, -0.1) is 11.8 Å². The molecule has 0 saturated carbocycles. The molecule has 2 N–H and O–H groups in total. The second-order valence-electron chi connectivity index (χ2n) is 9.31. The molecule has 0 bridgehead atoms. The number of rotatable bonds is 12. The van der Waals surface area contributed by atoms with Gasteiger partial charge in [0.2, 0.25) is 0 Å². The van der Waals surface area contributed by atoms with Crippen LogP contribution in [0.25, 0.3) is 22.5 Å². The predicted octanol–water partition coefficient (Wildman–Crippen LogP) is 6.67. The Bertz CT molecular complexity index is 1470. The zero-order valence-corrected chi connectivity index (χ0v) is 24.6. The molecule has 3 aromatic carbocycles. The molecule has 9 heteroatoms. The Kier molecular flexibility index (Phi) is 12.3. The number of aryl methyl sites for hydroxylation is 1. The van der Waals surface area contributed by atoms with Crippen LogP contribution in [0.5, 0.6) is 0 Å². The van der Waals surface area contributed by atoms with E-state index in [4.69, 9.17) is 9.15 Å². The molecule has 210 valence electrons. The first-order valence-corrected chi connectivity index (χ1v) is 15.5. The Balaban J connectivity index is 0.00000462. The van der Waals surface area contributed by atoms with Crippen molar-refractivity contribution in [2.75, 3.05) is 25.4 Å². The Morgan fingerprint density at radius 1 is 0.976 bits per heavy atom. The normalized spacial score (nSPS) is 12.3. The first-order valence-electron chi connectivity index (χ1n) is 12.9. The molecule has 4 rings (SSSR count). The summed E-state index contributed by atoms with van der Waals surface area (Å²) >= 11 is 3.23. The summed E-state index contributed by atoms with van der Waals surface area (Å²) < 4.78 is 12.1. The molecule has 0 radical (unpaired) electrons. The fourth-order valence-electron chi connectivity index (χ4n) is 4.57. The molecule has 1 heterocycles. The van der Waals surface area contributed by atoms with Crippen LogP contribution in [-0.4, -0.2) is 67.3 Å². The van der Waals surface area contributed by atoms with Gasteiger partial charge in [0, 0.05) is 23.1 Å². The van der Waals surface area contributed by atoms with Crippen molar-refractivity contribution in [2.24, 2.45) is 0 Å². The molecular weight excluding hydrogens is 549 g/mol. The van der Waals surface area contributed by atoms with Crippen molar-refractivity contribution in [3.05, 3.63) is 101 Å². The molecule has 41 heavy (non-hydrogen) atoms. The van der Waals surface area contributed by atoms with E-state index in [-0.39, 0.29) is 18.9 Å². The van der Waals surface area contributed by atoms with Gasteiger partial charge in [0.1, 0.15) is 23.7 Å². The third-order valence-corrected chi connectivity index (χ3v) is 8.12. The first kappa shape index (κ1) is 32.6. The van der Waals surface area contributed by atoms with Gasteiger partial charge in [-0.3, -0.25) is 4.79 Å². The van der Waals surface area contributed by atoms with Gasteiger partial charge in [-0.1, -0.05) is 42.5 Å². The molecule has 0 saturated heterocycles. The summed E-state index contributed by atoms with van der Waals surface area (Å²) in [4.78, 5) is 26.4. The molecule has 2 atom stereocenters. The molecule has 2 unspecified atom stereocenters. The van der Waals surface area contributed by atoms with Gasteiger partial charge < -0.3 is 19.6 Å². The molecular formula is C32H34LiNO5S2. The zero-order chi connectivity index (χ0) is 28.6. The minimum absolute atomic E-state index is 0. The summed E-state index contributed by atoms with van der Waals surface area (Å²) in [5.74, 6) is 0.532. The topological polar surface area (TPSA) is 88.8 Å². The van der Waals surface area contributed by atoms with Crippen molar-refractivity contribution < 1.29 is 23.8 Å². The maximum absolute atomic E-state index is 13.4. The number of carboxylic acid groups (broad SMARTS) is 1. The second-order valence-corrected chi connectivity index (χ2v) is 11.2. The van der Waals surface area contributed by atoms with E-state index < -0.39 is 24.0 Å². The van der Waals surface area contributed by atoms with Crippen LogP contribution in [0.2, 0.25) is 0 Å². The average molecular weight is 584 g/mol. The van der Waals surface area contributed by atoms with Crippen molar-refractivity contribution in [3.63, 3.8) is 0 Å². The van der Waals surface area contributed by atoms with Gasteiger partial charge >= 0.3 is 24.8 Å². The molecule has 0 aliphatic heterocycles. The number of methoxy groups -OCH3 is 1. The van der Waals surface area contributed by atoms with Gasteiger partial charge in [0.05, 0.1) is 0 Å². The van der Waals surface area contributed by atoms with Crippen molar-refractivity contribution in [2.45, 2.75) is 30.4 Å². The van der Waals surface area contributed by atoms with Crippen LogP contribution in [0.1, 0.15) is 39.8 Å². The number of carbonyl (C=O) groups is 2. The average Bonchev–Trinajstić information content (AvgIpc) is 3.45. The Hall–Kier alpha value is -2.86. The second kappa shape index (κ2) is 15.4. The Morgan fingerprint density at radius 2 is 1.71 bits per heavy atom. The van der Waals surface area contributed by atoms with Crippen molar-refractivity contribution in [3.8, 4) is 22.5 Å². The monoisotopic (exact) mass is 583 g/mol. The number of amides is 1. The third-order valence-electron chi connectivity index (χ3n) is 6.74.